The number of aliphatic carboxylic acids is 1. The second-order valence-corrected chi connectivity index (χ2v) is 7.43. The average molecular weight is 437 g/mol. The van der Waals surface area contributed by atoms with Crippen molar-refractivity contribution >= 4 is 44.8 Å². The molecule has 1 saturated carbocycles. The smallest absolute Gasteiger partial charge is 0.326 e. The standard InChI is InChI=1S/C19H32N2O5.2H2S/c1-4-8-14(19(25)26-5-2)20-12(3)17(22)21-15-10-7-6-9-13(15)11-16(21)18(23)24;;/h12-16,20H,4-11H2,1-3H3,(H,23,24);2*1H2/t12-,13-,14-,15-,16-;;/m0../s1. The molecule has 9 heteroatoms. The summed E-state index contributed by atoms with van der Waals surface area (Å²) in [5, 5.41) is 12.7. The van der Waals surface area contributed by atoms with E-state index in [1.165, 1.54) is 0 Å². The van der Waals surface area contributed by atoms with Gasteiger partial charge in [-0.2, -0.15) is 27.0 Å². The van der Waals surface area contributed by atoms with E-state index in [2.05, 4.69) is 5.32 Å². The van der Waals surface area contributed by atoms with Crippen LogP contribution in [0.4, 0.5) is 0 Å². The number of rotatable bonds is 8. The summed E-state index contributed by atoms with van der Waals surface area (Å²) in [5.41, 5.74) is 0. The maximum absolute atomic E-state index is 13.1. The minimum absolute atomic E-state index is 0. The predicted octanol–water partition coefficient (Wildman–Crippen LogP) is 2.17. The fourth-order valence-corrected chi connectivity index (χ4v) is 4.39. The van der Waals surface area contributed by atoms with Crippen LogP contribution in [0, 0.1) is 5.92 Å². The molecule has 28 heavy (non-hydrogen) atoms. The monoisotopic (exact) mass is 436 g/mol. The molecule has 0 spiro atoms. The van der Waals surface area contributed by atoms with E-state index in [0.29, 0.717) is 19.4 Å². The molecule has 0 aromatic rings. The number of carbonyl (C=O) groups is 3. The molecule has 0 radical (unpaired) electrons. The molecule has 164 valence electrons. The van der Waals surface area contributed by atoms with Crippen LogP contribution in [0.25, 0.3) is 0 Å². The maximum atomic E-state index is 13.1. The summed E-state index contributed by atoms with van der Waals surface area (Å²) in [6.45, 7) is 5.72. The first-order valence-electron chi connectivity index (χ1n) is 9.88. The molecule has 0 aromatic carbocycles. The zero-order valence-electron chi connectivity index (χ0n) is 17.1. The molecule has 1 amide bonds. The molecule has 5 atom stereocenters. The molecule has 1 saturated heterocycles. The van der Waals surface area contributed by atoms with Crippen LogP contribution in [0.3, 0.4) is 0 Å². The lowest BCUT2D eigenvalue weighted by Crippen LogP contribution is -2.55. The van der Waals surface area contributed by atoms with Crippen LogP contribution in [0.5, 0.6) is 0 Å². The Kier molecular flexibility index (Phi) is 12.2. The van der Waals surface area contributed by atoms with E-state index in [1.807, 2.05) is 6.92 Å². The van der Waals surface area contributed by atoms with E-state index >= 15 is 0 Å². The molecule has 7 nitrogen and oxygen atoms in total. The summed E-state index contributed by atoms with van der Waals surface area (Å²) >= 11 is 0. The van der Waals surface area contributed by atoms with Gasteiger partial charge < -0.3 is 14.7 Å². The van der Waals surface area contributed by atoms with E-state index in [-0.39, 0.29) is 50.8 Å². The van der Waals surface area contributed by atoms with Crippen molar-refractivity contribution in [1.29, 1.82) is 0 Å². The highest BCUT2D eigenvalue weighted by Crippen LogP contribution is 2.40. The number of likely N-dealkylation sites (tertiary alicyclic amines) is 1. The van der Waals surface area contributed by atoms with Gasteiger partial charge >= 0.3 is 11.9 Å². The Morgan fingerprint density at radius 2 is 1.82 bits per heavy atom. The Morgan fingerprint density at radius 3 is 2.39 bits per heavy atom. The molecule has 2 N–H and O–H groups in total. The first kappa shape index (κ1) is 27.1. The van der Waals surface area contributed by atoms with E-state index in [4.69, 9.17) is 4.74 Å². The summed E-state index contributed by atoms with van der Waals surface area (Å²) in [4.78, 5) is 38.5. The highest BCUT2D eigenvalue weighted by atomic mass is 32.1. The summed E-state index contributed by atoms with van der Waals surface area (Å²) in [6.07, 6.45) is 5.87. The van der Waals surface area contributed by atoms with Crippen LogP contribution in [0.15, 0.2) is 0 Å². The van der Waals surface area contributed by atoms with Gasteiger partial charge in [-0.05, 0) is 45.4 Å². The Morgan fingerprint density at radius 1 is 1.18 bits per heavy atom. The number of amides is 1. The van der Waals surface area contributed by atoms with Crippen molar-refractivity contribution in [3.63, 3.8) is 0 Å². The molecule has 0 aromatic heterocycles. The third kappa shape index (κ3) is 6.29. The molecule has 2 aliphatic rings. The fraction of sp³-hybridized carbons (Fsp3) is 0.842. The molecule has 0 unspecified atom stereocenters. The lowest BCUT2D eigenvalue weighted by molar-refractivity contribution is -0.152. The van der Waals surface area contributed by atoms with E-state index in [1.54, 1.807) is 18.7 Å². The minimum atomic E-state index is -0.935. The van der Waals surface area contributed by atoms with Crippen LogP contribution < -0.4 is 5.32 Å². The van der Waals surface area contributed by atoms with Crippen LogP contribution in [0.1, 0.15) is 65.7 Å². The summed E-state index contributed by atoms with van der Waals surface area (Å²) < 4.78 is 5.09. The van der Waals surface area contributed by atoms with Crippen LogP contribution >= 0.6 is 27.0 Å². The van der Waals surface area contributed by atoms with Gasteiger partial charge in [0.05, 0.1) is 12.6 Å². The molecule has 1 heterocycles. The van der Waals surface area contributed by atoms with Crippen LogP contribution in [0.2, 0.25) is 0 Å². The topological polar surface area (TPSA) is 95.9 Å². The lowest BCUT2D eigenvalue weighted by atomic mass is 9.84. The first-order chi connectivity index (χ1) is 12.4. The normalized spacial score (nSPS) is 25.5. The Balaban J connectivity index is 0.00000364. The number of hydrogen-bond donors (Lipinski definition) is 2. The molecule has 2 fully saturated rings. The third-order valence-electron chi connectivity index (χ3n) is 5.60. The number of esters is 1. The second kappa shape index (κ2) is 12.6. The number of carboxylic acids is 1. The molecule has 1 aliphatic heterocycles. The van der Waals surface area contributed by atoms with Crippen molar-refractivity contribution in [2.45, 2.75) is 89.9 Å². The molecular weight excluding hydrogens is 400 g/mol. The molecule has 2 rings (SSSR count). The summed E-state index contributed by atoms with van der Waals surface area (Å²) in [6, 6.07) is -1.92. The van der Waals surface area contributed by atoms with Gasteiger partial charge in [-0.1, -0.05) is 26.2 Å². The van der Waals surface area contributed by atoms with Gasteiger partial charge in [0.15, 0.2) is 0 Å². The fourth-order valence-electron chi connectivity index (χ4n) is 4.39. The summed E-state index contributed by atoms with van der Waals surface area (Å²) in [7, 11) is 0. The van der Waals surface area contributed by atoms with Crippen molar-refractivity contribution in [2.24, 2.45) is 5.92 Å². The van der Waals surface area contributed by atoms with Crippen molar-refractivity contribution < 1.29 is 24.2 Å². The molecule has 0 bridgehead atoms. The van der Waals surface area contributed by atoms with Crippen molar-refractivity contribution in [3.05, 3.63) is 0 Å². The van der Waals surface area contributed by atoms with E-state index in [9.17, 15) is 19.5 Å². The Bertz CT molecular complexity index is 534. The Hall–Kier alpha value is -0.930. The van der Waals surface area contributed by atoms with Crippen molar-refractivity contribution in [1.82, 2.24) is 10.2 Å². The lowest BCUT2D eigenvalue weighted by Gasteiger charge is -2.35. The average Bonchev–Trinajstić information content (AvgIpc) is 3.00. The number of nitrogens with one attached hydrogen (secondary N) is 1. The van der Waals surface area contributed by atoms with Crippen molar-refractivity contribution in [2.75, 3.05) is 6.61 Å². The first-order valence-corrected chi connectivity index (χ1v) is 9.88. The third-order valence-corrected chi connectivity index (χ3v) is 5.60. The molecular formula is C19H36N2O5S2. The van der Waals surface area contributed by atoms with Crippen LogP contribution in [-0.2, 0) is 19.1 Å². The number of nitrogens with zero attached hydrogens (tertiary/aromatic N) is 1. The maximum Gasteiger partial charge on any atom is 0.326 e. The van der Waals surface area contributed by atoms with Gasteiger partial charge in [-0.15, -0.1) is 0 Å². The van der Waals surface area contributed by atoms with E-state index in [0.717, 1.165) is 32.1 Å². The van der Waals surface area contributed by atoms with Gasteiger partial charge in [-0.25, -0.2) is 4.79 Å². The van der Waals surface area contributed by atoms with Crippen molar-refractivity contribution in [3.8, 4) is 0 Å². The highest BCUT2D eigenvalue weighted by molar-refractivity contribution is 7.59. The quantitative estimate of drug-likeness (QED) is 0.566. The number of fused-ring (bicyclic) bond motifs is 1. The molecule has 1 aliphatic carbocycles. The zero-order valence-corrected chi connectivity index (χ0v) is 19.1. The number of carboxylic acid groups (broad SMARTS) is 1. The highest BCUT2D eigenvalue weighted by Gasteiger charge is 2.48. The second-order valence-electron chi connectivity index (χ2n) is 7.43. The number of carbonyl (C=O) groups excluding carboxylic acids is 2. The Labute approximate surface area is 181 Å². The number of hydrogen-bond acceptors (Lipinski definition) is 5. The largest absolute Gasteiger partial charge is 0.480 e. The number of ether oxygens (including phenoxy) is 1. The summed E-state index contributed by atoms with van der Waals surface area (Å²) in [5.74, 6) is -1.24. The van der Waals surface area contributed by atoms with Gasteiger partial charge in [-0.3, -0.25) is 14.9 Å². The minimum Gasteiger partial charge on any atom is -0.480 e. The van der Waals surface area contributed by atoms with Gasteiger partial charge in [0.25, 0.3) is 0 Å². The van der Waals surface area contributed by atoms with Gasteiger partial charge in [0.1, 0.15) is 12.1 Å². The van der Waals surface area contributed by atoms with Gasteiger partial charge in [0, 0.05) is 6.04 Å². The van der Waals surface area contributed by atoms with Crippen LogP contribution in [-0.4, -0.2) is 58.6 Å². The van der Waals surface area contributed by atoms with Gasteiger partial charge in [0.2, 0.25) is 5.91 Å². The van der Waals surface area contributed by atoms with E-state index < -0.39 is 24.1 Å². The predicted molar refractivity (Wildman–Crippen MR) is 117 cm³/mol. The zero-order chi connectivity index (χ0) is 19.3. The SMILES string of the molecule is CCC[C@H](N[C@@H](C)C(=O)N1[C@H](C(=O)O)C[C@@H]2CCCC[C@@H]21)C(=O)OCC.S.S.